The second-order valence-corrected chi connectivity index (χ2v) is 7.54. The fourth-order valence-electron chi connectivity index (χ4n) is 2.80. The van der Waals surface area contributed by atoms with E-state index in [1.165, 1.54) is 6.07 Å². The first-order valence-electron chi connectivity index (χ1n) is 8.96. The van der Waals surface area contributed by atoms with Crippen molar-refractivity contribution >= 4 is 28.8 Å². The van der Waals surface area contributed by atoms with Crippen LogP contribution in [-0.2, 0) is 11.2 Å². The van der Waals surface area contributed by atoms with Gasteiger partial charge in [-0.1, -0.05) is 30.3 Å². The van der Waals surface area contributed by atoms with Crippen molar-refractivity contribution in [3.63, 3.8) is 0 Å². The lowest BCUT2D eigenvalue weighted by molar-refractivity contribution is 0.0635. The fourth-order valence-corrected chi connectivity index (χ4v) is 2.80. The number of carbonyl (C=O) groups excluding carboxylic acids is 1. The van der Waals surface area contributed by atoms with Crippen molar-refractivity contribution in [3.05, 3.63) is 69.6 Å². The van der Waals surface area contributed by atoms with Crippen LogP contribution in [0.3, 0.4) is 0 Å². The number of nitrogens with zero attached hydrogens (tertiary/aromatic N) is 1. The van der Waals surface area contributed by atoms with Gasteiger partial charge in [0.15, 0.2) is 5.82 Å². The molecule has 8 nitrogen and oxygen atoms in total. The van der Waals surface area contributed by atoms with Crippen LogP contribution >= 0.6 is 0 Å². The molecule has 0 aliphatic rings. The Balaban J connectivity index is 2.03. The van der Waals surface area contributed by atoms with Crippen molar-refractivity contribution < 1.29 is 19.4 Å². The number of anilines is 1. The summed E-state index contributed by atoms with van der Waals surface area (Å²) >= 11 is 0. The average molecular weight is 395 g/mol. The lowest BCUT2D eigenvalue weighted by Crippen LogP contribution is -2.28. The number of nitrogens with one attached hydrogen (secondary N) is 2. The maximum Gasteiger partial charge on any atom is 0.413 e. The first-order chi connectivity index (χ1) is 13.6. The molecule has 8 heteroatoms. The van der Waals surface area contributed by atoms with Crippen LogP contribution in [0.5, 0.6) is 0 Å². The van der Waals surface area contributed by atoms with E-state index in [1.54, 1.807) is 26.8 Å². The number of pyridine rings is 2. The summed E-state index contributed by atoms with van der Waals surface area (Å²) in [6.45, 7) is 5.07. The van der Waals surface area contributed by atoms with E-state index in [0.717, 1.165) is 5.56 Å². The van der Waals surface area contributed by atoms with Crippen LogP contribution in [0.25, 0.3) is 10.9 Å². The van der Waals surface area contributed by atoms with Crippen LogP contribution in [-0.4, -0.2) is 32.7 Å². The van der Waals surface area contributed by atoms with Gasteiger partial charge in [-0.3, -0.25) is 10.1 Å². The topological polar surface area (TPSA) is 121 Å². The third-order valence-corrected chi connectivity index (χ3v) is 3.97. The van der Waals surface area contributed by atoms with Gasteiger partial charge in [0.25, 0.3) is 5.56 Å². The van der Waals surface area contributed by atoms with Crippen molar-refractivity contribution in [2.45, 2.75) is 32.8 Å². The fraction of sp³-hybridized carbons (Fsp3) is 0.238. The normalized spacial score (nSPS) is 11.3. The monoisotopic (exact) mass is 395 g/mol. The molecule has 0 fully saturated rings. The van der Waals surface area contributed by atoms with Gasteiger partial charge in [0, 0.05) is 12.1 Å². The number of hydrogen-bond donors (Lipinski definition) is 3. The van der Waals surface area contributed by atoms with Crippen molar-refractivity contribution in [3.8, 4) is 0 Å². The number of benzene rings is 1. The number of carboxylic acids is 1. The number of amides is 1. The quantitative estimate of drug-likeness (QED) is 0.621. The first-order valence-corrected chi connectivity index (χ1v) is 8.96. The number of aromatic nitrogens is 2. The molecule has 1 aromatic carbocycles. The van der Waals surface area contributed by atoms with Gasteiger partial charge in [-0.15, -0.1) is 0 Å². The zero-order valence-electron chi connectivity index (χ0n) is 16.3. The molecule has 0 atom stereocenters. The third-order valence-electron chi connectivity index (χ3n) is 3.97. The van der Waals surface area contributed by atoms with E-state index in [4.69, 9.17) is 4.74 Å². The highest BCUT2D eigenvalue weighted by Crippen LogP contribution is 2.21. The number of aromatic amines is 1. The molecule has 0 radical (unpaired) electrons. The molecule has 3 N–H and O–H groups in total. The second kappa shape index (κ2) is 7.75. The Morgan fingerprint density at radius 2 is 1.86 bits per heavy atom. The van der Waals surface area contributed by atoms with Crippen molar-refractivity contribution in [1.29, 1.82) is 0 Å². The molecule has 0 aliphatic carbocycles. The lowest BCUT2D eigenvalue weighted by atomic mass is 10.1. The average Bonchev–Trinajstić information content (AvgIpc) is 2.60. The van der Waals surface area contributed by atoms with Crippen LogP contribution in [0.4, 0.5) is 10.6 Å². The van der Waals surface area contributed by atoms with E-state index in [2.05, 4.69) is 15.3 Å². The molecule has 0 bridgehead atoms. The maximum absolute atomic E-state index is 12.5. The predicted octanol–water partition coefficient (Wildman–Crippen LogP) is 3.56. The molecule has 0 unspecified atom stereocenters. The Morgan fingerprint density at radius 1 is 1.17 bits per heavy atom. The summed E-state index contributed by atoms with van der Waals surface area (Å²) in [5, 5.41) is 11.9. The SMILES string of the molecule is CC(C)(C)OC(=O)Nc1nc2cc(Cc3ccccc3)[nH]c(=O)c2cc1C(=O)O. The molecule has 0 saturated heterocycles. The molecular formula is C21H21N3O5. The summed E-state index contributed by atoms with van der Waals surface area (Å²) in [5.41, 5.74) is 0.376. The summed E-state index contributed by atoms with van der Waals surface area (Å²) in [4.78, 5) is 43.1. The minimum absolute atomic E-state index is 0.119. The van der Waals surface area contributed by atoms with Crippen LogP contribution in [0.2, 0.25) is 0 Å². The Morgan fingerprint density at radius 3 is 2.48 bits per heavy atom. The molecule has 2 aromatic heterocycles. The van der Waals surface area contributed by atoms with E-state index >= 15 is 0 Å². The Labute approximate surface area is 166 Å². The summed E-state index contributed by atoms with van der Waals surface area (Å²) in [7, 11) is 0. The van der Waals surface area contributed by atoms with E-state index < -0.39 is 23.2 Å². The van der Waals surface area contributed by atoms with Gasteiger partial charge in [-0.2, -0.15) is 0 Å². The second-order valence-electron chi connectivity index (χ2n) is 7.54. The van der Waals surface area contributed by atoms with E-state index in [1.807, 2.05) is 30.3 Å². The Bertz CT molecular complexity index is 1130. The zero-order chi connectivity index (χ0) is 21.2. The van der Waals surface area contributed by atoms with Crippen LogP contribution in [0, 0.1) is 0 Å². The summed E-state index contributed by atoms with van der Waals surface area (Å²) in [6.07, 6.45) is -0.357. The largest absolute Gasteiger partial charge is 0.478 e. The molecule has 150 valence electrons. The number of hydrogen-bond acceptors (Lipinski definition) is 5. The summed E-state index contributed by atoms with van der Waals surface area (Å²) in [5.74, 6) is -1.51. The van der Waals surface area contributed by atoms with Crippen molar-refractivity contribution in [1.82, 2.24) is 9.97 Å². The number of rotatable bonds is 4. The minimum atomic E-state index is -1.32. The number of ether oxygens (including phenoxy) is 1. The van der Waals surface area contributed by atoms with Gasteiger partial charge in [-0.05, 0) is 38.5 Å². The standard InChI is InChI=1S/C21H21N3O5/c1-21(2,3)29-20(28)24-17-15(19(26)27)11-14-16(23-17)10-13(22-18(14)25)9-12-7-5-4-6-8-12/h4-8,10-11H,9H2,1-3H3,(H,22,25)(H,26,27)(H,23,24,28). The molecular weight excluding hydrogens is 374 g/mol. The Kier molecular flexibility index (Phi) is 5.36. The number of H-pyrrole nitrogens is 1. The smallest absolute Gasteiger partial charge is 0.413 e. The molecule has 2 heterocycles. The van der Waals surface area contributed by atoms with Crippen molar-refractivity contribution in [2.75, 3.05) is 5.32 Å². The number of aromatic carboxylic acids is 1. The molecule has 0 spiro atoms. The van der Waals surface area contributed by atoms with Gasteiger partial charge in [-0.25, -0.2) is 14.6 Å². The van der Waals surface area contributed by atoms with Gasteiger partial charge >= 0.3 is 12.1 Å². The Hall–Kier alpha value is -3.68. The first kappa shape index (κ1) is 20.1. The molecule has 0 saturated carbocycles. The van der Waals surface area contributed by atoms with Gasteiger partial charge in [0.2, 0.25) is 0 Å². The maximum atomic E-state index is 12.5. The summed E-state index contributed by atoms with van der Waals surface area (Å²) < 4.78 is 5.16. The van der Waals surface area contributed by atoms with E-state index in [9.17, 15) is 19.5 Å². The van der Waals surface area contributed by atoms with Crippen LogP contribution in [0.15, 0.2) is 47.3 Å². The van der Waals surface area contributed by atoms with Crippen molar-refractivity contribution in [2.24, 2.45) is 0 Å². The highest BCUT2D eigenvalue weighted by Gasteiger charge is 2.21. The third kappa shape index (κ3) is 4.98. The van der Waals surface area contributed by atoms with Gasteiger partial charge < -0.3 is 14.8 Å². The molecule has 29 heavy (non-hydrogen) atoms. The molecule has 3 aromatic rings. The molecule has 3 rings (SSSR count). The van der Waals surface area contributed by atoms with Gasteiger partial charge in [0.05, 0.1) is 10.9 Å². The van der Waals surface area contributed by atoms with Crippen LogP contribution in [0.1, 0.15) is 42.4 Å². The lowest BCUT2D eigenvalue weighted by Gasteiger charge is -2.20. The number of carboxylic acid groups (broad SMARTS) is 1. The number of carbonyl (C=O) groups is 2. The minimum Gasteiger partial charge on any atom is -0.478 e. The molecule has 0 aliphatic heterocycles. The predicted molar refractivity (Wildman–Crippen MR) is 108 cm³/mol. The van der Waals surface area contributed by atoms with E-state index in [-0.39, 0.29) is 22.3 Å². The number of fused-ring (bicyclic) bond motifs is 1. The van der Waals surface area contributed by atoms with Crippen LogP contribution < -0.4 is 10.9 Å². The summed E-state index contributed by atoms with van der Waals surface area (Å²) in [6, 6.07) is 12.4. The van der Waals surface area contributed by atoms with E-state index in [0.29, 0.717) is 12.1 Å². The highest BCUT2D eigenvalue weighted by molar-refractivity contribution is 6.01. The molecule has 1 amide bonds. The van der Waals surface area contributed by atoms with Gasteiger partial charge in [0.1, 0.15) is 11.2 Å². The highest BCUT2D eigenvalue weighted by atomic mass is 16.6. The zero-order valence-corrected chi connectivity index (χ0v) is 16.3.